The van der Waals surface area contributed by atoms with E-state index < -0.39 is 5.97 Å². The van der Waals surface area contributed by atoms with Crippen molar-refractivity contribution >= 4 is 22.4 Å². The number of rotatable bonds is 4. The van der Waals surface area contributed by atoms with Crippen LogP contribution < -0.4 is 4.90 Å². The Kier molecular flexibility index (Phi) is 3.48. The van der Waals surface area contributed by atoms with Crippen molar-refractivity contribution in [3.63, 3.8) is 0 Å². The van der Waals surface area contributed by atoms with E-state index in [-0.39, 0.29) is 5.92 Å². The largest absolute Gasteiger partial charge is 0.481 e. The molecule has 0 radical (unpaired) electrons. The second-order valence-electron chi connectivity index (χ2n) is 6.11. The Bertz CT molecular complexity index is 522. The average molecular weight is 294 g/mol. The van der Waals surface area contributed by atoms with Crippen LogP contribution in [-0.2, 0) is 11.2 Å². The van der Waals surface area contributed by atoms with E-state index in [1.54, 1.807) is 11.3 Å². The van der Waals surface area contributed by atoms with Crippen molar-refractivity contribution in [3.8, 4) is 0 Å². The highest BCUT2D eigenvalue weighted by molar-refractivity contribution is 7.15. The predicted molar refractivity (Wildman–Crippen MR) is 80.7 cm³/mol. The molecule has 110 valence electrons. The van der Waals surface area contributed by atoms with Crippen molar-refractivity contribution in [2.45, 2.75) is 51.9 Å². The summed E-state index contributed by atoms with van der Waals surface area (Å²) in [6, 6.07) is 0. The number of hydrogen-bond acceptors (Lipinski definition) is 4. The van der Waals surface area contributed by atoms with Gasteiger partial charge in [-0.05, 0) is 37.5 Å². The predicted octanol–water partition coefficient (Wildman–Crippen LogP) is 3.27. The summed E-state index contributed by atoms with van der Waals surface area (Å²) < 4.78 is 0. The molecule has 1 fully saturated rings. The molecule has 1 atom stereocenters. The van der Waals surface area contributed by atoms with Crippen molar-refractivity contribution in [1.82, 2.24) is 4.98 Å². The second kappa shape index (κ2) is 5.02. The first-order chi connectivity index (χ1) is 9.58. The number of carboxylic acids is 1. The number of carbonyl (C=O) groups is 1. The van der Waals surface area contributed by atoms with Crippen molar-refractivity contribution < 1.29 is 9.90 Å². The molecule has 0 amide bonds. The SMILES string of the molecule is CCC1(CC)CCN(c2nc3c(s2)CCC3C(=O)O)C1. The summed E-state index contributed by atoms with van der Waals surface area (Å²) in [5.74, 6) is -1.10. The fourth-order valence-electron chi connectivity index (χ4n) is 3.52. The minimum Gasteiger partial charge on any atom is -0.481 e. The quantitative estimate of drug-likeness (QED) is 0.926. The molecule has 4 nitrogen and oxygen atoms in total. The maximum atomic E-state index is 11.2. The molecular formula is C15H22N2O2S. The van der Waals surface area contributed by atoms with Gasteiger partial charge in [0, 0.05) is 18.0 Å². The lowest BCUT2D eigenvalue weighted by Gasteiger charge is -2.26. The number of aromatic nitrogens is 1. The Morgan fingerprint density at radius 3 is 2.85 bits per heavy atom. The lowest BCUT2D eigenvalue weighted by molar-refractivity contribution is -0.138. The van der Waals surface area contributed by atoms with Crippen molar-refractivity contribution in [1.29, 1.82) is 0 Å². The molecule has 1 unspecified atom stereocenters. The Morgan fingerprint density at radius 2 is 2.25 bits per heavy atom. The third kappa shape index (κ3) is 2.12. The zero-order chi connectivity index (χ0) is 14.3. The van der Waals surface area contributed by atoms with E-state index in [1.165, 1.54) is 24.1 Å². The van der Waals surface area contributed by atoms with Crippen LogP contribution >= 0.6 is 11.3 Å². The molecule has 1 aromatic rings. The molecule has 0 saturated carbocycles. The van der Waals surface area contributed by atoms with Crippen LogP contribution in [0.25, 0.3) is 0 Å². The Morgan fingerprint density at radius 1 is 1.50 bits per heavy atom. The lowest BCUT2D eigenvalue weighted by Crippen LogP contribution is -2.26. The monoisotopic (exact) mass is 294 g/mol. The molecule has 0 spiro atoms. The number of fused-ring (bicyclic) bond motifs is 1. The van der Waals surface area contributed by atoms with Crippen molar-refractivity contribution in [2.24, 2.45) is 5.41 Å². The summed E-state index contributed by atoms with van der Waals surface area (Å²) in [5, 5.41) is 10.3. The fourth-order valence-corrected chi connectivity index (χ4v) is 4.68. The van der Waals surface area contributed by atoms with Crippen molar-refractivity contribution in [3.05, 3.63) is 10.6 Å². The molecule has 5 heteroatoms. The van der Waals surface area contributed by atoms with Crippen LogP contribution in [0.2, 0.25) is 0 Å². The van der Waals surface area contributed by atoms with Crippen LogP contribution in [0.5, 0.6) is 0 Å². The number of hydrogen-bond donors (Lipinski definition) is 1. The molecule has 20 heavy (non-hydrogen) atoms. The normalized spacial score (nSPS) is 24.1. The first-order valence-corrected chi connectivity index (χ1v) is 8.37. The molecule has 0 aromatic carbocycles. The van der Waals surface area contributed by atoms with Crippen molar-refractivity contribution in [2.75, 3.05) is 18.0 Å². The molecule has 1 N–H and O–H groups in total. The van der Waals surface area contributed by atoms with Gasteiger partial charge in [0.2, 0.25) is 0 Å². The highest BCUT2D eigenvalue weighted by Gasteiger charge is 2.38. The van der Waals surface area contributed by atoms with Crippen LogP contribution in [0.15, 0.2) is 0 Å². The van der Waals surface area contributed by atoms with E-state index >= 15 is 0 Å². The maximum absolute atomic E-state index is 11.2. The molecule has 1 aliphatic heterocycles. The first-order valence-electron chi connectivity index (χ1n) is 7.56. The molecule has 3 rings (SSSR count). The standard InChI is InChI=1S/C15H22N2O2S/c1-3-15(4-2)7-8-17(9-15)14-16-12-10(13(18)19)5-6-11(12)20-14/h10H,3-9H2,1-2H3,(H,18,19). The average Bonchev–Trinajstić information content (AvgIpc) is 3.11. The zero-order valence-electron chi connectivity index (χ0n) is 12.2. The fraction of sp³-hybridized carbons (Fsp3) is 0.733. The molecule has 2 aliphatic rings. The van der Waals surface area contributed by atoms with E-state index in [0.717, 1.165) is 36.8 Å². The number of aryl methyl sites for hydroxylation is 1. The summed E-state index contributed by atoms with van der Waals surface area (Å²) >= 11 is 1.71. The zero-order valence-corrected chi connectivity index (χ0v) is 13.0. The van der Waals surface area contributed by atoms with Gasteiger partial charge in [-0.15, -0.1) is 11.3 Å². The van der Waals surface area contributed by atoms with E-state index in [4.69, 9.17) is 0 Å². The molecular weight excluding hydrogens is 272 g/mol. The van der Waals surface area contributed by atoms with E-state index in [1.807, 2.05) is 0 Å². The second-order valence-corrected chi connectivity index (χ2v) is 7.18. The van der Waals surface area contributed by atoms with Gasteiger partial charge in [0.15, 0.2) is 5.13 Å². The van der Waals surface area contributed by atoms with Gasteiger partial charge >= 0.3 is 5.97 Å². The Labute approximate surface area is 123 Å². The van der Waals surface area contributed by atoms with Gasteiger partial charge in [-0.3, -0.25) is 4.79 Å². The molecule has 1 aliphatic carbocycles. The van der Waals surface area contributed by atoms with Gasteiger partial charge in [-0.25, -0.2) is 4.98 Å². The van der Waals surface area contributed by atoms with Gasteiger partial charge in [-0.1, -0.05) is 13.8 Å². The van der Waals surface area contributed by atoms with E-state index in [2.05, 4.69) is 23.7 Å². The highest BCUT2D eigenvalue weighted by Crippen LogP contribution is 2.44. The van der Waals surface area contributed by atoms with E-state index in [9.17, 15) is 9.90 Å². The van der Waals surface area contributed by atoms with Gasteiger partial charge < -0.3 is 10.0 Å². The topological polar surface area (TPSA) is 53.4 Å². The first kappa shape index (κ1) is 13.9. The third-order valence-electron chi connectivity index (χ3n) is 5.21. The summed E-state index contributed by atoms with van der Waals surface area (Å²) in [5.41, 5.74) is 1.27. The third-order valence-corrected chi connectivity index (χ3v) is 6.41. The Hall–Kier alpha value is -1.10. The number of aliphatic carboxylic acids is 1. The van der Waals surface area contributed by atoms with E-state index in [0.29, 0.717) is 5.41 Å². The van der Waals surface area contributed by atoms with Crippen LogP contribution in [-0.4, -0.2) is 29.1 Å². The molecule has 1 saturated heterocycles. The summed E-state index contributed by atoms with van der Waals surface area (Å²) in [6.45, 7) is 6.68. The molecule has 2 heterocycles. The van der Waals surface area contributed by atoms with Gasteiger partial charge in [-0.2, -0.15) is 0 Å². The van der Waals surface area contributed by atoms with Crippen LogP contribution in [0.4, 0.5) is 5.13 Å². The summed E-state index contributed by atoms with van der Waals surface area (Å²) in [4.78, 5) is 19.5. The maximum Gasteiger partial charge on any atom is 0.312 e. The van der Waals surface area contributed by atoms with Gasteiger partial charge in [0.1, 0.15) is 5.92 Å². The summed E-state index contributed by atoms with van der Waals surface area (Å²) in [6.07, 6.45) is 5.25. The lowest BCUT2D eigenvalue weighted by atomic mass is 9.82. The van der Waals surface area contributed by atoms with Gasteiger partial charge in [0.05, 0.1) is 5.69 Å². The highest BCUT2D eigenvalue weighted by atomic mass is 32.1. The summed E-state index contributed by atoms with van der Waals surface area (Å²) in [7, 11) is 0. The van der Waals surface area contributed by atoms with Crippen LogP contribution in [0.3, 0.4) is 0 Å². The number of nitrogens with zero attached hydrogens (tertiary/aromatic N) is 2. The minimum absolute atomic E-state index is 0.375. The minimum atomic E-state index is -0.724. The van der Waals surface area contributed by atoms with Gasteiger partial charge in [0.25, 0.3) is 0 Å². The number of thiazole rings is 1. The van der Waals surface area contributed by atoms with Crippen LogP contribution in [0, 0.1) is 5.41 Å². The molecule has 1 aromatic heterocycles. The Balaban J connectivity index is 1.81. The number of anilines is 1. The number of carboxylic acid groups (broad SMARTS) is 1. The molecule has 0 bridgehead atoms. The smallest absolute Gasteiger partial charge is 0.312 e. The van der Waals surface area contributed by atoms with Crippen LogP contribution in [0.1, 0.15) is 56.0 Å².